The van der Waals surface area contributed by atoms with Gasteiger partial charge in [-0.2, -0.15) is 0 Å². The van der Waals surface area contributed by atoms with E-state index in [0.717, 1.165) is 16.6 Å². The van der Waals surface area contributed by atoms with E-state index >= 15 is 0 Å². The molecule has 25 heavy (non-hydrogen) atoms. The summed E-state index contributed by atoms with van der Waals surface area (Å²) in [6, 6.07) is 8.06. The van der Waals surface area contributed by atoms with Gasteiger partial charge in [0.2, 0.25) is 0 Å². The number of oxime groups is 1. The molecule has 3 N–H and O–H groups in total. The highest BCUT2D eigenvalue weighted by Gasteiger charge is 2.26. The Balaban J connectivity index is 1.98. The number of benzene rings is 1. The molecule has 0 spiro atoms. The van der Waals surface area contributed by atoms with Gasteiger partial charge in [-0.15, -0.1) is 0 Å². The normalized spacial score (nSPS) is 16.6. The van der Waals surface area contributed by atoms with E-state index in [1.165, 1.54) is 48.7 Å². The lowest BCUT2D eigenvalue weighted by Gasteiger charge is -2.23. The summed E-state index contributed by atoms with van der Waals surface area (Å²) < 4.78 is 7.56. The zero-order valence-corrected chi connectivity index (χ0v) is 14.4. The first-order chi connectivity index (χ1) is 12.2. The first-order valence-electron chi connectivity index (χ1n) is 8.83. The molecule has 0 aliphatic heterocycles. The van der Waals surface area contributed by atoms with Crippen molar-refractivity contribution in [3.05, 3.63) is 47.9 Å². The van der Waals surface area contributed by atoms with Crippen molar-refractivity contribution in [1.82, 2.24) is 4.57 Å². The van der Waals surface area contributed by atoms with Crippen LogP contribution in [0.2, 0.25) is 0 Å². The number of rotatable bonds is 3. The monoisotopic (exact) mass is 337 g/mol. The fraction of sp³-hybridized carbons (Fsp3) is 0.350. The maximum atomic E-state index is 8.99. The predicted octanol–water partition coefficient (Wildman–Crippen LogP) is 4.58. The van der Waals surface area contributed by atoms with Crippen LogP contribution < -0.4 is 5.73 Å². The van der Waals surface area contributed by atoms with E-state index in [1.807, 2.05) is 24.5 Å². The lowest BCUT2D eigenvalue weighted by molar-refractivity contribution is 0.318. The zero-order chi connectivity index (χ0) is 17.4. The molecular weight excluding hydrogens is 314 g/mol. The third kappa shape index (κ3) is 2.60. The lowest BCUT2D eigenvalue weighted by Crippen LogP contribution is -2.12. The minimum Gasteiger partial charge on any atom is -0.472 e. The molecule has 1 saturated carbocycles. The van der Waals surface area contributed by atoms with E-state index in [-0.39, 0.29) is 5.84 Å². The molecule has 4 rings (SSSR count). The molecule has 0 unspecified atom stereocenters. The highest BCUT2D eigenvalue weighted by molar-refractivity contribution is 6.02. The molecule has 0 atom stereocenters. The van der Waals surface area contributed by atoms with E-state index in [1.54, 1.807) is 6.26 Å². The van der Waals surface area contributed by atoms with E-state index in [4.69, 9.17) is 15.4 Å². The number of furan rings is 1. The van der Waals surface area contributed by atoms with Gasteiger partial charge in [-0.25, -0.2) is 0 Å². The number of nitrogens with zero attached hydrogens (tertiary/aromatic N) is 2. The van der Waals surface area contributed by atoms with E-state index in [9.17, 15) is 0 Å². The van der Waals surface area contributed by atoms with Gasteiger partial charge in [-0.3, -0.25) is 0 Å². The summed E-state index contributed by atoms with van der Waals surface area (Å²) in [5.41, 5.74) is 11.3. The van der Waals surface area contributed by atoms with E-state index in [2.05, 4.69) is 22.8 Å². The van der Waals surface area contributed by atoms with Crippen molar-refractivity contribution >= 4 is 16.7 Å². The van der Waals surface area contributed by atoms with Crippen LogP contribution in [0.5, 0.6) is 0 Å². The van der Waals surface area contributed by atoms with Gasteiger partial charge in [0.25, 0.3) is 0 Å². The van der Waals surface area contributed by atoms with Gasteiger partial charge in [0.1, 0.15) is 0 Å². The molecule has 3 aromatic rings. The van der Waals surface area contributed by atoms with Crippen LogP contribution in [-0.4, -0.2) is 15.6 Å². The van der Waals surface area contributed by atoms with Gasteiger partial charge < -0.3 is 19.9 Å². The SMILES string of the molecule is Cn1c(-c2ccoc2)c(C2CCCCC2)c2ccc(/C(N)=N/O)cc21. The Kier molecular flexibility index (Phi) is 3.99. The summed E-state index contributed by atoms with van der Waals surface area (Å²) in [6.07, 6.45) is 9.89. The Labute approximate surface area is 146 Å². The molecule has 0 bridgehead atoms. The van der Waals surface area contributed by atoms with Gasteiger partial charge in [0.05, 0.1) is 18.2 Å². The van der Waals surface area contributed by atoms with Crippen molar-refractivity contribution in [2.75, 3.05) is 0 Å². The van der Waals surface area contributed by atoms with Gasteiger partial charge >= 0.3 is 0 Å². The average molecular weight is 337 g/mol. The molecule has 1 fully saturated rings. The zero-order valence-electron chi connectivity index (χ0n) is 14.4. The Hall–Kier alpha value is -2.69. The lowest BCUT2D eigenvalue weighted by atomic mass is 9.82. The van der Waals surface area contributed by atoms with Crippen molar-refractivity contribution in [3.8, 4) is 11.3 Å². The van der Waals surface area contributed by atoms with Crippen LogP contribution in [-0.2, 0) is 7.05 Å². The second-order valence-electron chi connectivity index (χ2n) is 6.89. The maximum absolute atomic E-state index is 8.99. The number of nitrogens with two attached hydrogens (primary N) is 1. The van der Waals surface area contributed by atoms with Gasteiger partial charge in [-0.05, 0) is 36.5 Å². The predicted molar refractivity (Wildman–Crippen MR) is 99.0 cm³/mol. The van der Waals surface area contributed by atoms with Crippen molar-refractivity contribution in [2.45, 2.75) is 38.0 Å². The van der Waals surface area contributed by atoms with Crippen LogP contribution in [0.15, 0.2) is 46.4 Å². The number of aromatic nitrogens is 1. The quantitative estimate of drug-likeness (QED) is 0.318. The molecule has 0 radical (unpaired) electrons. The average Bonchev–Trinajstić information content (AvgIpc) is 3.28. The van der Waals surface area contributed by atoms with E-state index in [0.29, 0.717) is 5.92 Å². The number of hydrogen-bond donors (Lipinski definition) is 2. The molecule has 2 aromatic heterocycles. The summed E-state index contributed by atoms with van der Waals surface area (Å²) in [5.74, 6) is 0.698. The van der Waals surface area contributed by atoms with Crippen LogP contribution in [0, 0.1) is 0 Å². The van der Waals surface area contributed by atoms with Crippen molar-refractivity contribution in [2.24, 2.45) is 17.9 Å². The molecule has 1 aliphatic carbocycles. The third-order valence-corrected chi connectivity index (χ3v) is 5.45. The van der Waals surface area contributed by atoms with Gasteiger partial charge in [0.15, 0.2) is 5.84 Å². The summed E-state index contributed by atoms with van der Waals surface area (Å²) in [7, 11) is 2.08. The van der Waals surface area contributed by atoms with Crippen LogP contribution in [0.4, 0.5) is 0 Å². The van der Waals surface area contributed by atoms with Gasteiger partial charge in [-0.1, -0.05) is 36.6 Å². The fourth-order valence-corrected chi connectivity index (χ4v) is 4.24. The van der Waals surface area contributed by atoms with Crippen molar-refractivity contribution in [3.63, 3.8) is 0 Å². The summed E-state index contributed by atoms with van der Waals surface area (Å²) in [6.45, 7) is 0. The Morgan fingerprint density at radius 2 is 2.04 bits per heavy atom. The first-order valence-corrected chi connectivity index (χ1v) is 8.83. The number of amidine groups is 1. The molecule has 2 heterocycles. The summed E-state index contributed by atoms with van der Waals surface area (Å²) >= 11 is 0. The maximum Gasteiger partial charge on any atom is 0.170 e. The van der Waals surface area contributed by atoms with Crippen LogP contribution in [0.1, 0.15) is 49.1 Å². The summed E-state index contributed by atoms with van der Waals surface area (Å²) in [4.78, 5) is 0. The minimum atomic E-state index is 0.132. The Morgan fingerprint density at radius 3 is 2.72 bits per heavy atom. The third-order valence-electron chi connectivity index (χ3n) is 5.45. The molecule has 130 valence electrons. The van der Waals surface area contributed by atoms with Crippen molar-refractivity contribution < 1.29 is 9.62 Å². The first kappa shape index (κ1) is 15.8. The number of hydrogen-bond acceptors (Lipinski definition) is 3. The Morgan fingerprint density at radius 1 is 1.24 bits per heavy atom. The molecule has 5 nitrogen and oxygen atoms in total. The largest absolute Gasteiger partial charge is 0.472 e. The second kappa shape index (κ2) is 6.31. The van der Waals surface area contributed by atoms with Crippen LogP contribution in [0.3, 0.4) is 0 Å². The minimum absolute atomic E-state index is 0.132. The summed E-state index contributed by atoms with van der Waals surface area (Å²) in [5, 5.41) is 13.4. The highest BCUT2D eigenvalue weighted by atomic mass is 16.4. The topological polar surface area (TPSA) is 76.7 Å². The standard InChI is InChI=1S/C20H23N3O2/c1-23-17-11-14(20(21)22-24)7-8-16(17)18(13-5-3-2-4-6-13)19(23)15-9-10-25-12-15/h7-13,24H,2-6H2,1H3,(H2,21,22). The molecule has 1 aromatic carbocycles. The molecule has 0 saturated heterocycles. The smallest absolute Gasteiger partial charge is 0.170 e. The fourth-order valence-electron chi connectivity index (χ4n) is 4.24. The van der Waals surface area contributed by atoms with Crippen LogP contribution >= 0.6 is 0 Å². The van der Waals surface area contributed by atoms with Crippen molar-refractivity contribution in [1.29, 1.82) is 0 Å². The van der Waals surface area contributed by atoms with Crippen LogP contribution in [0.25, 0.3) is 22.2 Å². The van der Waals surface area contributed by atoms with E-state index < -0.39 is 0 Å². The number of aryl methyl sites for hydroxylation is 1. The highest BCUT2D eigenvalue weighted by Crippen LogP contribution is 2.43. The molecule has 1 aliphatic rings. The second-order valence-corrected chi connectivity index (χ2v) is 6.89. The molecular formula is C20H23N3O2. The molecule has 0 amide bonds. The molecule has 5 heteroatoms. The number of fused-ring (bicyclic) bond motifs is 1. The Bertz CT molecular complexity index is 916. The van der Waals surface area contributed by atoms with Gasteiger partial charge in [0, 0.05) is 29.1 Å².